The molecule has 1 aliphatic rings. The van der Waals surface area contributed by atoms with Crippen LogP contribution in [0.25, 0.3) is 0 Å². The van der Waals surface area contributed by atoms with Gasteiger partial charge in [0.15, 0.2) is 0 Å². The quantitative estimate of drug-likeness (QED) is 0.843. The molecule has 116 valence electrons. The molecule has 6 heteroatoms. The summed E-state index contributed by atoms with van der Waals surface area (Å²) in [4.78, 5) is 24.7. The average molecular weight is 294 g/mol. The van der Waals surface area contributed by atoms with Gasteiger partial charge < -0.3 is 19.7 Å². The summed E-state index contributed by atoms with van der Waals surface area (Å²) in [5.41, 5.74) is 0. The summed E-state index contributed by atoms with van der Waals surface area (Å²) >= 11 is 0. The third-order valence-electron chi connectivity index (χ3n) is 3.81. The lowest BCUT2D eigenvalue weighted by molar-refractivity contribution is -0.137. The van der Waals surface area contributed by atoms with Crippen LogP contribution in [-0.2, 0) is 11.2 Å². The summed E-state index contributed by atoms with van der Waals surface area (Å²) in [6.45, 7) is 1.23. The molecule has 1 aliphatic heterocycles. The topological polar surface area (TPSA) is 82.8 Å². The normalized spacial score (nSPS) is 18.5. The predicted octanol–water partition coefficient (Wildman–Crippen LogP) is 2.25. The van der Waals surface area contributed by atoms with Crippen LogP contribution in [-0.4, -0.2) is 41.1 Å². The number of carboxylic acids is 1. The summed E-state index contributed by atoms with van der Waals surface area (Å²) in [5, 5.41) is 11.7. The fourth-order valence-corrected chi connectivity index (χ4v) is 2.71. The number of nitrogens with zero attached hydrogens (tertiary/aromatic N) is 1. The summed E-state index contributed by atoms with van der Waals surface area (Å²) in [6.07, 6.45) is 5.84. The number of likely N-dealkylation sites (tertiary alicyclic amines) is 1. The molecule has 0 spiro atoms. The number of amides is 2. The Kier molecular flexibility index (Phi) is 5.66. The molecule has 1 aromatic rings. The molecular formula is C15H22N2O4. The first-order valence-corrected chi connectivity index (χ1v) is 7.45. The van der Waals surface area contributed by atoms with E-state index < -0.39 is 5.97 Å². The maximum absolute atomic E-state index is 12.2. The average Bonchev–Trinajstić information content (AvgIpc) is 2.98. The molecule has 2 rings (SSSR count). The minimum atomic E-state index is -0.807. The first-order chi connectivity index (χ1) is 10.2. The predicted molar refractivity (Wildman–Crippen MR) is 77.0 cm³/mol. The molecule has 2 heterocycles. The second-order valence-corrected chi connectivity index (χ2v) is 5.34. The summed E-state index contributed by atoms with van der Waals surface area (Å²) in [6, 6.07) is 3.64. The molecule has 2 amide bonds. The lowest BCUT2D eigenvalue weighted by atomic mass is 9.98. The Labute approximate surface area is 124 Å². The fourth-order valence-electron chi connectivity index (χ4n) is 2.71. The van der Waals surface area contributed by atoms with Crippen LogP contribution < -0.4 is 5.32 Å². The molecule has 0 aromatic carbocycles. The van der Waals surface area contributed by atoms with Gasteiger partial charge in [-0.25, -0.2) is 4.79 Å². The number of carboxylic acid groups (broad SMARTS) is 1. The molecule has 0 aliphatic carbocycles. The van der Waals surface area contributed by atoms with Crippen molar-refractivity contribution in [3.63, 3.8) is 0 Å². The van der Waals surface area contributed by atoms with Crippen molar-refractivity contribution in [2.75, 3.05) is 13.1 Å². The Balaban J connectivity index is 1.78. The molecule has 1 atom stereocenters. The zero-order chi connectivity index (χ0) is 15.1. The van der Waals surface area contributed by atoms with Gasteiger partial charge in [0.25, 0.3) is 0 Å². The van der Waals surface area contributed by atoms with Crippen LogP contribution in [0.5, 0.6) is 0 Å². The number of piperidine rings is 1. The van der Waals surface area contributed by atoms with Crippen LogP contribution in [0.3, 0.4) is 0 Å². The first kappa shape index (κ1) is 15.4. The van der Waals surface area contributed by atoms with Crippen molar-refractivity contribution in [3.05, 3.63) is 24.2 Å². The van der Waals surface area contributed by atoms with E-state index in [-0.39, 0.29) is 18.5 Å². The molecule has 2 N–H and O–H groups in total. The van der Waals surface area contributed by atoms with Gasteiger partial charge in [-0.15, -0.1) is 0 Å². The second-order valence-electron chi connectivity index (χ2n) is 5.34. The maximum atomic E-state index is 12.2. The maximum Gasteiger partial charge on any atom is 0.317 e. The number of hydrogen-bond donors (Lipinski definition) is 2. The molecule has 1 unspecified atom stereocenters. The number of furan rings is 1. The standard InChI is InChI=1S/C15H22N2O4/c18-14(19)7-6-12-4-1-2-10-17(12)15(20)16-9-8-13-5-3-11-21-13/h3,5,11-12H,1-2,4,6-10H2,(H,16,20)(H,18,19). The smallest absolute Gasteiger partial charge is 0.317 e. The van der Waals surface area contributed by atoms with Gasteiger partial charge in [0.2, 0.25) is 0 Å². The van der Waals surface area contributed by atoms with Gasteiger partial charge in [0.1, 0.15) is 5.76 Å². The Morgan fingerprint density at radius 3 is 3.00 bits per heavy atom. The third kappa shape index (κ3) is 4.81. The summed E-state index contributed by atoms with van der Waals surface area (Å²) < 4.78 is 5.22. The highest BCUT2D eigenvalue weighted by molar-refractivity contribution is 5.74. The summed E-state index contributed by atoms with van der Waals surface area (Å²) in [7, 11) is 0. The number of carbonyl (C=O) groups is 2. The highest BCUT2D eigenvalue weighted by Crippen LogP contribution is 2.20. The molecule has 1 saturated heterocycles. The minimum Gasteiger partial charge on any atom is -0.481 e. The van der Waals surface area contributed by atoms with Gasteiger partial charge in [-0.3, -0.25) is 4.79 Å². The highest BCUT2D eigenvalue weighted by Gasteiger charge is 2.26. The molecular weight excluding hydrogens is 272 g/mol. The van der Waals surface area contributed by atoms with Crippen molar-refractivity contribution in [1.29, 1.82) is 0 Å². The largest absolute Gasteiger partial charge is 0.481 e. The number of nitrogens with one attached hydrogen (secondary N) is 1. The number of rotatable bonds is 6. The fraction of sp³-hybridized carbons (Fsp3) is 0.600. The first-order valence-electron chi connectivity index (χ1n) is 7.45. The van der Waals surface area contributed by atoms with Crippen LogP contribution in [0.1, 0.15) is 37.9 Å². The van der Waals surface area contributed by atoms with Crippen molar-refractivity contribution >= 4 is 12.0 Å². The number of hydrogen-bond acceptors (Lipinski definition) is 3. The van der Waals surface area contributed by atoms with E-state index in [9.17, 15) is 9.59 Å². The summed E-state index contributed by atoms with van der Waals surface area (Å²) in [5.74, 6) is 0.0372. The van der Waals surface area contributed by atoms with E-state index in [0.29, 0.717) is 25.9 Å². The van der Waals surface area contributed by atoms with Gasteiger partial charge in [0.05, 0.1) is 6.26 Å². The molecule has 1 aromatic heterocycles. The van der Waals surface area contributed by atoms with Crippen molar-refractivity contribution in [2.45, 2.75) is 44.6 Å². The van der Waals surface area contributed by atoms with E-state index >= 15 is 0 Å². The lowest BCUT2D eigenvalue weighted by Gasteiger charge is -2.35. The van der Waals surface area contributed by atoms with E-state index in [1.165, 1.54) is 0 Å². The number of urea groups is 1. The van der Waals surface area contributed by atoms with Crippen molar-refractivity contribution in [1.82, 2.24) is 10.2 Å². The van der Waals surface area contributed by atoms with Crippen LogP contribution in [0.2, 0.25) is 0 Å². The van der Waals surface area contributed by atoms with Crippen LogP contribution >= 0.6 is 0 Å². The number of carbonyl (C=O) groups excluding carboxylic acids is 1. The van der Waals surface area contributed by atoms with Gasteiger partial charge >= 0.3 is 12.0 Å². The minimum absolute atomic E-state index is 0.0402. The van der Waals surface area contributed by atoms with E-state index in [1.54, 1.807) is 11.2 Å². The zero-order valence-electron chi connectivity index (χ0n) is 12.1. The van der Waals surface area contributed by atoms with E-state index in [4.69, 9.17) is 9.52 Å². The van der Waals surface area contributed by atoms with Gasteiger partial charge in [-0.1, -0.05) is 0 Å². The van der Waals surface area contributed by atoms with Gasteiger partial charge in [-0.2, -0.15) is 0 Å². The van der Waals surface area contributed by atoms with E-state index in [2.05, 4.69) is 5.32 Å². The monoisotopic (exact) mass is 294 g/mol. The molecule has 0 bridgehead atoms. The molecule has 0 saturated carbocycles. The third-order valence-corrected chi connectivity index (χ3v) is 3.81. The van der Waals surface area contributed by atoms with Gasteiger partial charge in [0, 0.05) is 32.0 Å². The Hall–Kier alpha value is -1.98. The van der Waals surface area contributed by atoms with Gasteiger partial charge in [-0.05, 0) is 37.8 Å². The van der Waals surface area contributed by atoms with Crippen LogP contribution in [0.4, 0.5) is 4.79 Å². The SMILES string of the molecule is O=C(O)CCC1CCCCN1C(=O)NCCc1ccco1. The molecule has 1 fully saturated rings. The van der Waals surface area contributed by atoms with Crippen molar-refractivity contribution < 1.29 is 19.1 Å². The lowest BCUT2D eigenvalue weighted by Crippen LogP contribution is -2.49. The Bertz CT molecular complexity index is 458. The van der Waals surface area contributed by atoms with Crippen molar-refractivity contribution in [2.24, 2.45) is 0 Å². The van der Waals surface area contributed by atoms with E-state index in [1.807, 2.05) is 12.1 Å². The Morgan fingerprint density at radius 2 is 2.29 bits per heavy atom. The number of aliphatic carboxylic acids is 1. The zero-order valence-corrected chi connectivity index (χ0v) is 12.1. The molecule has 6 nitrogen and oxygen atoms in total. The molecule has 0 radical (unpaired) electrons. The molecule has 21 heavy (non-hydrogen) atoms. The van der Waals surface area contributed by atoms with Crippen LogP contribution in [0.15, 0.2) is 22.8 Å². The highest BCUT2D eigenvalue weighted by atomic mass is 16.4. The van der Waals surface area contributed by atoms with E-state index in [0.717, 1.165) is 25.0 Å². The van der Waals surface area contributed by atoms with Crippen molar-refractivity contribution in [3.8, 4) is 0 Å². The van der Waals surface area contributed by atoms with Crippen LogP contribution in [0, 0.1) is 0 Å². The Morgan fingerprint density at radius 1 is 1.43 bits per heavy atom. The second kappa shape index (κ2) is 7.71.